The normalized spacial score (nSPS) is 11.2. The summed E-state index contributed by atoms with van der Waals surface area (Å²) in [6.45, 7) is 8.57. The van der Waals surface area contributed by atoms with Gasteiger partial charge in [-0.2, -0.15) is 47.0 Å². The predicted molar refractivity (Wildman–Crippen MR) is 330 cm³/mol. The molecule has 0 saturated heterocycles. The van der Waals surface area contributed by atoms with Gasteiger partial charge in [-0.3, -0.25) is 38.4 Å². The summed E-state index contributed by atoms with van der Waals surface area (Å²) in [5, 5.41) is 0. The predicted octanol–water partition coefficient (Wildman–Crippen LogP) is 13.8. The van der Waals surface area contributed by atoms with Crippen molar-refractivity contribution in [2.75, 3.05) is 98.9 Å². The monoisotopic (exact) mass is 1220 g/mol. The first-order valence-electron chi connectivity index (χ1n) is 31.0. The highest BCUT2D eigenvalue weighted by atomic mass is 32.2. The molecule has 0 aromatic carbocycles. The summed E-state index contributed by atoms with van der Waals surface area (Å²) in [6, 6.07) is 0. The molecule has 0 spiro atoms. The standard InChI is InChI=1S/C61H108O16S4/c1-5-9-13-17-21-25-37-70-53(62)29-41-78-45-33-57(66)74-49-61(50-75-58(67)34-46-79-42-30-54(63)71-38-26-22-18-14-10-6-2,51-76-59(68)35-47-80-43-31-55(64)72-39-27-23-19-15-11-7-3)52-77-60(69)36-48-81-44-32-56(65)73-40-28-24-20-16-12-8-4/h5-52H2,1-4H3. The maximum Gasteiger partial charge on any atom is 0.306 e. The van der Waals surface area contributed by atoms with Crippen LogP contribution < -0.4 is 0 Å². The van der Waals surface area contributed by atoms with E-state index in [-0.39, 0.29) is 75.2 Å². The van der Waals surface area contributed by atoms with Gasteiger partial charge < -0.3 is 37.9 Å². The third-order valence-corrected chi connectivity index (χ3v) is 16.7. The van der Waals surface area contributed by atoms with Crippen molar-refractivity contribution in [1.29, 1.82) is 0 Å². The van der Waals surface area contributed by atoms with Crippen molar-refractivity contribution in [1.82, 2.24) is 0 Å². The van der Waals surface area contributed by atoms with Crippen molar-refractivity contribution in [2.45, 2.75) is 233 Å². The molecule has 0 N–H and O–H groups in total. The second-order valence-electron chi connectivity index (χ2n) is 20.5. The number of hydrogen-bond acceptors (Lipinski definition) is 20. The van der Waals surface area contributed by atoms with E-state index in [1.54, 1.807) is 0 Å². The molecular formula is C61H108O16S4. The Kier molecular flexibility index (Phi) is 56.8. The Balaban J connectivity index is 5.68. The van der Waals surface area contributed by atoms with Crippen LogP contribution in [-0.2, 0) is 76.3 Å². The van der Waals surface area contributed by atoms with Gasteiger partial charge in [0.05, 0.1) is 77.8 Å². The summed E-state index contributed by atoms with van der Waals surface area (Å²) in [7, 11) is 0. The number of esters is 8. The van der Waals surface area contributed by atoms with E-state index in [0.29, 0.717) is 72.5 Å². The highest BCUT2D eigenvalue weighted by Gasteiger charge is 2.38. The summed E-state index contributed by atoms with van der Waals surface area (Å²) in [5.41, 5.74) is -1.49. The zero-order valence-electron chi connectivity index (χ0n) is 50.6. The summed E-state index contributed by atoms with van der Waals surface area (Å²) in [4.78, 5) is 102. The third-order valence-electron chi connectivity index (χ3n) is 12.8. The maximum atomic E-state index is 13.2. The summed E-state index contributed by atoms with van der Waals surface area (Å²) < 4.78 is 44.5. The van der Waals surface area contributed by atoms with E-state index < -0.39 is 55.7 Å². The molecule has 0 amide bonds. The summed E-state index contributed by atoms with van der Waals surface area (Å²) in [6.07, 6.45) is 27.0. The molecule has 0 aromatic heterocycles. The molecule has 0 unspecified atom stereocenters. The molecule has 0 rings (SSSR count). The fourth-order valence-electron chi connectivity index (χ4n) is 7.69. The van der Waals surface area contributed by atoms with Gasteiger partial charge in [0, 0.05) is 46.0 Å². The molecule has 0 saturated carbocycles. The van der Waals surface area contributed by atoms with Crippen molar-refractivity contribution in [3.05, 3.63) is 0 Å². The largest absolute Gasteiger partial charge is 0.466 e. The molecule has 81 heavy (non-hydrogen) atoms. The van der Waals surface area contributed by atoms with Gasteiger partial charge in [-0.05, 0) is 25.7 Å². The van der Waals surface area contributed by atoms with E-state index in [4.69, 9.17) is 37.9 Å². The average Bonchev–Trinajstić information content (AvgIpc) is 3.46. The van der Waals surface area contributed by atoms with Crippen LogP contribution in [0.1, 0.15) is 233 Å². The molecule has 0 aliphatic rings. The lowest BCUT2D eigenvalue weighted by atomic mass is 9.92. The quantitative estimate of drug-likeness (QED) is 0.0315. The molecule has 0 aromatic rings. The van der Waals surface area contributed by atoms with Gasteiger partial charge in [-0.25, -0.2) is 0 Å². The van der Waals surface area contributed by atoms with Crippen LogP contribution in [0.2, 0.25) is 0 Å². The number of ether oxygens (including phenoxy) is 8. The number of unbranched alkanes of at least 4 members (excludes halogenated alkanes) is 20. The second kappa shape index (κ2) is 58.9. The van der Waals surface area contributed by atoms with E-state index in [9.17, 15) is 38.4 Å². The van der Waals surface area contributed by atoms with Gasteiger partial charge in [-0.1, -0.05) is 156 Å². The Morgan fingerprint density at radius 3 is 0.580 bits per heavy atom. The molecular weight excluding hydrogens is 1120 g/mol. The van der Waals surface area contributed by atoms with Crippen LogP contribution in [0.4, 0.5) is 0 Å². The zero-order chi connectivity index (χ0) is 59.5. The Morgan fingerprint density at radius 1 is 0.235 bits per heavy atom. The van der Waals surface area contributed by atoms with E-state index in [2.05, 4.69) is 27.7 Å². The first kappa shape index (κ1) is 78.2. The Bertz CT molecular complexity index is 1370. The van der Waals surface area contributed by atoms with Crippen LogP contribution >= 0.6 is 47.0 Å². The van der Waals surface area contributed by atoms with Crippen molar-refractivity contribution < 1.29 is 76.3 Å². The Labute approximate surface area is 505 Å². The van der Waals surface area contributed by atoms with E-state index in [0.717, 1.165) is 77.0 Å². The average molecular weight is 1230 g/mol. The van der Waals surface area contributed by atoms with Crippen LogP contribution in [0.3, 0.4) is 0 Å². The topological polar surface area (TPSA) is 210 Å². The van der Waals surface area contributed by atoms with Crippen molar-refractivity contribution >= 4 is 94.8 Å². The minimum atomic E-state index is -1.49. The molecule has 0 fully saturated rings. The van der Waals surface area contributed by atoms with Gasteiger partial charge in [0.1, 0.15) is 31.8 Å². The molecule has 16 nitrogen and oxygen atoms in total. The lowest BCUT2D eigenvalue weighted by Crippen LogP contribution is -2.44. The number of carbonyl (C=O) groups is 8. The zero-order valence-corrected chi connectivity index (χ0v) is 53.9. The van der Waals surface area contributed by atoms with Crippen LogP contribution in [-0.4, -0.2) is 147 Å². The Morgan fingerprint density at radius 2 is 0.395 bits per heavy atom. The number of thioether (sulfide) groups is 4. The smallest absolute Gasteiger partial charge is 0.306 e. The van der Waals surface area contributed by atoms with Gasteiger partial charge in [0.15, 0.2) is 0 Å². The molecule has 0 aliphatic heterocycles. The van der Waals surface area contributed by atoms with Gasteiger partial charge in [0.2, 0.25) is 0 Å². The number of carbonyl (C=O) groups excluding carboxylic acids is 8. The highest BCUT2D eigenvalue weighted by Crippen LogP contribution is 2.24. The Hall–Kier alpha value is -2.84. The number of rotatable bonds is 60. The fourth-order valence-corrected chi connectivity index (χ4v) is 11.0. The van der Waals surface area contributed by atoms with Crippen LogP contribution in [0.25, 0.3) is 0 Å². The molecule has 0 bridgehead atoms. The highest BCUT2D eigenvalue weighted by molar-refractivity contribution is 7.99. The molecule has 0 radical (unpaired) electrons. The molecule has 472 valence electrons. The van der Waals surface area contributed by atoms with Gasteiger partial charge in [-0.15, -0.1) is 0 Å². The van der Waals surface area contributed by atoms with E-state index in [1.807, 2.05) is 0 Å². The molecule has 0 heterocycles. The van der Waals surface area contributed by atoms with Crippen LogP contribution in [0.15, 0.2) is 0 Å². The third kappa shape index (κ3) is 54.8. The minimum absolute atomic E-state index is 0.00957. The first-order chi connectivity index (χ1) is 39.4. The van der Waals surface area contributed by atoms with Crippen molar-refractivity contribution in [2.24, 2.45) is 5.41 Å². The van der Waals surface area contributed by atoms with Crippen molar-refractivity contribution in [3.8, 4) is 0 Å². The van der Waals surface area contributed by atoms with Crippen LogP contribution in [0, 0.1) is 5.41 Å². The SMILES string of the molecule is CCCCCCCCOC(=O)CCSCCC(=O)OCC(COC(=O)CCSCCC(=O)OCCCCCCCC)(COC(=O)CCSCCC(=O)OCCCCCCCC)COC(=O)CCSCCC(=O)OCCCCCCCC. The molecule has 0 atom stereocenters. The lowest BCUT2D eigenvalue weighted by Gasteiger charge is -2.31. The number of hydrogen-bond donors (Lipinski definition) is 0. The maximum absolute atomic E-state index is 13.2. The second-order valence-corrected chi connectivity index (χ2v) is 25.4. The molecule has 20 heteroatoms. The summed E-state index contributed by atoms with van der Waals surface area (Å²) >= 11 is 5.62. The molecule has 0 aliphatic carbocycles. The lowest BCUT2D eigenvalue weighted by molar-refractivity contribution is -0.170. The van der Waals surface area contributed by atoms with E-state index in [1.165, 1.54) is 124 Å². The van der Waals surface area contributed by atoms with Gasteiger partial charge >= 0.3 is 47.8 Å². The summed E-state index contributed by atoms with van der Waals surface area (Å²) in [5.74, 6) is -0.247. The van der Waals surface area contributed by atoms with Crippen LogP contribution in [0.5, 0.6) is 0 Å². The fraction of sp³-hybridized carbons (Fsp3) is 0.869. The van der Waals surface area contributed by atoms with Crippen molar-refractivity contribution in [3.63, 3.8) is 0 Å². The van der Waals surface area contributed by atoms with E-state index >= 15 is 0 Å². The van der Waals surface area contributed by atoms with Gasteiger partial charge in [0.25, 0.3) is 0 Å². The minimum Gasteiger partial charge on any atom is -0.466 e. The first-order valence-corrected chi connectivity index (χ1v) is 35.6.